The number of hydrazine groups is 1. The Kier molecular flexibility index (Phi) is 5.14. The maximum Gasteiger partial charge on any atom is 0.308 e. The molecule has 1 aliphatic rings. The summed E-state index contributed by atoms with van der Waals surface area (Å²) in [7, 11) is 1.61. The number of methoxy groups -OCH3 is 1. The highest BCUT2D eigenvalue weighted by atomic mass is 16.5. The number of esters is 1. The number of hydrogen-bond acceptors (Lipinski definition) is 5. The Morgan fingerprint density at radius 3 is 2.37 bits per heavy atom. The van der Waals surface area contributed by atoms with Gasteiger partial charge in [0.15, 0.2) is 0 Å². The van der Waals surface area contributed by atoms with Gasteiger partial charge in [0, 0.05) is 24.8 Å². The maximum atomic E-state index is 12.3. The lowest BCUT2D eigenvalue weighted by atomic mass is 10.0. The van der Waals surface area contributed by atoms with Crippen molar-refractivity contribution in [3.63, 3.8) is 0 Å². The third-order valence-electron chi connectivity index (χ3n) is 5.06. The Labute approximate surface area is 174 Å². The van der Waals surface area contributed by atoms with Crippen molar-refractivity contribution in [2.75, 3.05) is 7.11 Å². The fraction of sp³-hybridized carbons (Fsp3) is 0.167. The Balaban J connectivity index is 1.82. The maximum absolute atomic E-state index is 12.3. The molecule has 0 aliphatic carbocycles. The van der Waals surface area contributed by atoms with E-state index in [0.29, 0.717) is 17.0 Å². The number of carbonyl (C=O) groups excluding carboxylic acids is 2. The fourth-order valence-corrected chi connectivity index (χ4v) is 3.65. The molecule has 4 rings (SSSR count). The summed E-state index contributed by atoms with van der Waals surface area (Å²) in [6.45, 7) is 2.89. The van der Waals surface area contributed by atoms with Gasteiger partial charge < -0.3 is 9.47 Å². The van der Waals surface area contributed by atoms with Crippen molar-refractivity contribution in [2.45, 2.75) is 19.9 Å². The van der Waals surface area contributed by atoms with Crippen LogP contribution in [0.15, 0.2) is 66.7 Å². The van der Waals surface area contributed by atoms with Crippen molar-refractivity contribution in [3.8, 4) is 11.5 Å². The second-order valence-electron chi connectivity index (χ2n) is 7.06. The Bertz CT molecular complexity index is 1150. The van der Waals surface area contributed by atoms with Gasteiger partial charge in [0.25, 0.3) is 0 Å². The molecular weight excluding hydrogens is 380 g/mol. The van der Waals surface area contributed by atoms with E-state index in [1.54, 1.807) is 12.1 Å². The van der Waals surface area contributed by atoms with Gasteiger partial charge in [-0.15, -0.1) is 0 Å². The second-order valence-corrected chi connectivity index (χ2v) is 7.06. The van der Waals surface area contributed by atoms with E-state index in [-0.39, 0.29) is 11.9 Å². The first-order valence-corrected chi connectivity index (χ1v) is 9.60. The van der Waals surface area contributed by atoms with E-state index in [2.05, 4.69) is 5.43 Å². The molecule has 0 spiro atoms. The summed E-state index contributed by atoms with van der Waals surface area (Å²) in [5.74, 6) is 0.686. The predicted molar refractivity (Wildman–Crippen MR) is 115 cm³/mol. The van der Waals surface area contributed by atoms with Crippen molar-refractivity contribution >= 4 is 28.3 Å². The Hall–Kier alpha value is -3.80. The zero-order valence-corrected chi connectivity index (χ0v) is 17.0. The number of nitrogens with one attached hydrogen (secondary N) is 1. The zero-order valence-electron chi connectivity index (χ0n) is 17.0. The van der Waals surface area contributed by atoms with E-state index < -0.39 is 5.97 Å². The summed E-state index contributed by atoms with van der Waals surface area (Å²) in [5.41, 5.74) is 5.53. The first-order valence-electron chi connectivity index (χ1n) is 9.60. The molecule has 3 aromatic carbocycles. The SMILES string of the molecule is COc1ccc([C@H]2C=C(c3ccc4ccccc4c3OC(C)=O)NN2C(C)=O)cc1. The third kappa shape index (κ3) is 3.59. The molecule has 1 heterocycles. The van der Waals surface area contributed by atoms with Crippen LogP contribution in [0.25, 0.3) is 16.5 Å². The molecule has 0 saturated heterocycles. The number of ether oxygens (including phenoxy) is 2. The summed E-state index contributed by atoms with van der Waals surface area (Å²) >= 11 is 0. The van der Waals surface area contributed by atoms with E-state index in [1.165, 1.54) is 13.8 Å². The predicted octanol–water partition coefficient (Wildman–Crippen LogP) is 4.22. The molecule has 3 aromatic rings. The zero-order chi connectivity index (χ0) is 21.3. The molecule has 1 atom stereocenters. The van der Waals surface area contributed by atoms with E-state index in [1.807, 2.05) is 66.7 Å². The van der Waals surface area contributed by atoms with E-state index in [9.17, 15) is 9.59 Å². The number of nitrogens with zero attached hydrogens (tertiary/aromatic N) is 1. The highest BCUT2D eigenvalue weighted by molar-refractivity contribution is 5.95. The lowest BCUT2D eigenvalue weighted by Gasteiger charge is -2.24. The van der Waals surface area contributed by atoms with Crippen LogP contribution in [0.5, 0.6) is 11.5 Å². The molecule has 1 N–H and O–H groups in total. The van der Waals surface area contributed by atoms with Crippen molar-refractivity contribution in [1.82, 2.24) is 10.4 Å². The van der Waals surface area contributed by atoms with Gasteiger partial charge in [-0.1, -0.05) is 42.5 Å². The molecule has 1 aliphatic heterocycles. The second kappa shape index (κ2) is 7.91. The minimum absolute atomic E-state index is 0.128. The number of amides is 1. The largest absolute Gasteiger partial charge is 0.497 e. The quantitative estimate of drug-likeness (QED) is 0.523. The van der Waals surface area contributed by atoms with Crippen molar-refractivity contribution in [2.24, 2.45) is 0 Å². The molecule has 152 valence electrons. The number of fused-ring (bicyclic) bond motifs is 1. The van der Waals surface area contributed by atoms with Crippen molar-refractivity contribution < 1.29 is 19.1 Å². The highest BCUT2D eigenvalue weighted by Crippen LogP contribution is 2.38. The summed E-state index contributed by atoms with van der Waals surface area (Å²) in [4.78, 5) is 24.1. The van der Waals surface area contributed by atoms with Gasteiger partial charge in [0.05, 0.1) is 18.8 Å². The van der Waals surface area contributed by atoms with Crippen LogP contribution in [-0.2, 0) is 9.59 Å². The van der Waals surface area contributed by atoms with E-state index in [0.717, 1.165) is 22.1 Å². The lowest BCUT2D eigenvalue weighted by molar-refractivity contribution is -0.133. The molecule has 6 nitrogen and oxygen atoms in total. The van der Waals surface area contributed by atoms with Gasteiger partial charge in [-0.25, -0.2) is 5.01 Å². The van der Waals surface area contributed by atoms with Crippen LogP contribution >= 0.6 is 0 Å². The number of hydrogen-bond donors (Lipinski definition) is 1. The van der Waals surface area contributed by atoms with Gasteiger partial charge in [-0.05, 0) is 35.2 Å². The van der Waals surface area contributed by atoms with Gasteiger partial charge >= 0.3 is 5.97 Å². The van der Waals surface area contributed by atoms with Gasteiger partial charge in [-0.3, -0.25) is 15.0 Å². The molecule has 0 bridgehead atoms. The van der Waals surface area contributed by atoms with Gasteiger partial charge in [0.1, 0.15) is 11.5 Å². The van der Waals surface area contributed by atoms with E-state index >= 15 is 0 Å². The van der Waals surface area contributed by atoms with Crippen LogP contribution in [-0.4, -0.2) is 24.0 Å². The summed E-state index contributed by atoms with van der Waals surface area (Å²) in [6.07, 6.45) is 1.96. The van der Waals surface area contributed by atoms with Crippen LogP contribution in [0.2, 0.25) is 0 Å². The summed E-state index contributed by atoms with van der Waals surface area (Å²) in [6, 6.07) is 18.8. The van der Waals surface area contributed by atoms with Gasteiger partial charge in [-0.2, -0.15) is 0 Å². The molecule has 0 aromatic heterocycles. The first kappa shape index (κ1) is 19.5. The topological polar surface area (TPSA) is 67.9 Å². The lowest BCUT2D eigenvalue weighted by Crippen LogP contribution is -2.37. The molecule has 30 heavy (non-hydrogen) atoms. The Morgan fingerprint density at radius 2 is 1.70 bits per heavy atom. The summed E-state index contributed by atoms with van der Waals surface area (Å²) in [5, 5.41) is 3.35. The standard InChI is InChI=1S/C24H22N2O4/c1-15(27)26-23(18-8-11-19(29-3)12-9-18)14-22(25-26)21-13-10-17-6-4-5-7-20(17)24(21)30-16(2)28/h4-14,23,25H,1-3H3/t23-/m1/s1. The van der Waals surface area contributed by atoms with Gasteiger partial charge in [0.2, 0.25) is 5.91 Å². The third-order valence-corrected chi connectivity index (χ3v) is 5.06. The molecule has 0 unspecified atom stereocenters. The summed E-state index contributed by atoms with van der Waals surface area (Å²) < 4.78 is 10.8. The van der Waals surface area contributed by atoms with Crippen LogP contribution in [0.1, 0.15) is 31.0 Å². The van der Waals surface area contributed by atoms with Crippen LogP contribution < -0.4 is 14.9 Å². The highest BCUT2D eigenvalue weighted by Gasteiger charge is 2.30. The van der Waals surface area contributed by atoms with Crippen molar-refractivity contribution in [1.29, 1.82) is 0 Å². The van der Waals surface area contributed by atoms with E-state index in [4.69, 9.17) is 9.47 Å². The first-order chi connectivity index (χ1) is 14.5. The molecule has 0 saturated carbocycles. The minimum Gasteiger partial charge on any atom is -0.497 e. The number of carbonyl (C=O) groups is 2. The molecule has 1 amide bonds. The van der Waals surface area contributed by atoms with Crippen LogP contribution in [0, 0.1) is 0 Å². The molecule has 0 fully saturated rings. The fourth-order valence-electron chi connectivity index (χ4n) is 3.65. The number of rotatable bonds is 4. The molecular formula is C24H22N2O4. The smallest absolute Gasteiger partial charge is 0.308 e. The Morgan fingerprint density at radius 1 is 0.967 bits per heavy atom. The molecule has 0 radical (unpaired) electrons. The average Bonchev–Trinajstić information content (AvgIpc) is 3.19. The monoisotopic (exact) mass is 402 g/mol. The van der Waals surface area contributed by atoms with Crippen LogP contribution in [0.3, 0.4) is 0 Å². The average molecular weight is 402 g/mol. The number of benzene rings is 3. The van der Waals surface area contributed by atoms with Crippen molar-refractivity contribution in [3.05, 3.63) is 77.9 Å². The van der Waals surface area contributed by atoms with Crippen LogP contribution in [0.4, 0.5) is 0 Å². The minimum atomic E-state index is -0.402. The molecule has 6 heteroatoms. The normalized spacial score (nSPS) is 15.5.